The van der Waals surface area contributed by atoms with Gasteiger partial charge in [0.25, 0.3) is 0 Å². The number of hydrogen-bond donors (Lipinski definition) is 3. The highest BCUT2D eigenvalue weighted by Gasteiger charge is 2.16. The third kappa shape index (κ3) is 6.41. The molecule has 98 valence electrons. The van der Waals surface area contributed by atoms with Gasteiger partial charge in [-0.25, -0.2) is 0 Å². The first-order valence-corrected chi connectivity index (χ1v) is 7.18. The van der Waals surface area contributed by atoms with E-state index in [1.54, 1.807) is 0 Å². The number of carbonyl (C=O) groups is 1. The fourth-order valence-corrected chi connectivity index (χ4v) is 3.04. The number of thioether (sulfide) groups is 1. The molecular formula is C11H21N3O2S. The molecule has 0 aromatic carbocycles. The first-order chi connectivity index (χ1) is 8.22. The SMILES string of the molecule is NC(CCCNC(=O)CC1CCSCC1)=NO. The largest absolute Gasteiger partial charge is 0.409 e. The minimum atomic E-state index is 0.126. The highest BCUT2D eigenvalue weighted by molar-refractivity contribution is 7.99. The maximum atomic E-state index is 11.6. The van der Waals surface area contributed by atoms with E-state index in [2.05, 4.69) is 10.5 Å². The van der Waals surface area contributed by atoms with Gasteiger partial charge >= 0.3 is 0 Å². The van der Waals surface area contributed by atoms with Gasteiger partial charge in [-0.15, -0.1) is 0 Å². The van der Waals surface area contributed by atoms with E-state index in [1.165, 1.54) is 11.5 Å². The van der Waals surface area contributed by atoms with Crippen LogP contribution in [-0.4, -0.2) is 35.0 Å². The van der Waals surface area contributed by atoms with Crippen LogP contribution < -0.4 is 11.1 Å². The molecule has 4 N–H and O–H groups in total. The molecule has 0 aromatic rings. The number of rotatable bonds is 6. The van der Waals surface area contributed by atoms with Gasteiger partial charge < -0.3 is 16.3 Å². The van der Waals surface area contributed by atoms with Crippen molar-refractivity contribution in [2.75, 3.05) is 18.1 Å². The number of nitrogens with one attached hydrogen (secondary N) is 1. The second kappa shape index (κ2) is 8.22. The molecule has 0 aliphatic carbocycles. The second-order valence-corrected chi connectivity index (χ2v) is 5.53. The van der Waals surface area contributed by atoms with Gasteiger partial charge in [-0.3, -0.25) is 4.79 Å². The summed E-state index contributed by atoms with van der Waals surface area (Å²) in [6, 6.07) is 0. The number of nitrogens with zero attached hydrogens (tertiary/aromatic N) is 1. The lowest BCUT2D eigenvalue weighted by Gasteiger charge is -2.20. The van der Waals surface area contributed by atoms with Gasteiger partial charge in [0.2, 0.25) is 5.91 Å². The summed E-state index contributed by atoms with van der Waals surface area (Å²) in [4.78, 5) is 11.6. The highest BCUT2D eigenvalue weighted by Crippen LogP contribution is 2.24. The molecule has 0 atom stereocenters. The van der Waals surface area contributed by atoms with Gasteiger partial charge in [0.05, 0.1) is 0 Å². The molecule has 1 aliphatic rings. The van der Waals surface area contributed by atoms with E-state index in [0.29, 0.717) is 31.7 Å². The summed E-state index contributed by atoms with van der Waals surface area (Å²) in [6.07, 6.45) is 4.17. The lowest BCUT2D eigenvalue weighted by molar-refractivity contribution is -0.122. The molecule has 1 aliphatic heterocycles. The third-order valence-corrected chi connectivity index (χ3v) is 3.92. The zero-order valence-corrected chi connectivity index (χ0v) is 10.8. The van der Waals surface area contributed by atoms with E-state index in [-0.39, 0.29) is 11.7 Å². The van der Waals surface area contributed by atoms with E-state index in [9.17, 15) is 4.79 Å². The Kier molecular flexibility index (Phi) is 6.84. The van der Waals surface area contributed by atoms with Gasteiger partial charge in [0.1, 0.15) is 5.84 Å². The van der Waals surface area contributed by atoms with Gasteiger partial charge in [-0.1, -0.05) is 5.16 Å². The van der Waals surface area contributed by atoms with Crippen LogP contribution in [0.3, 0.4) is 0 Å². The molecule has 17 heavy (non-hydrogen) atoms. The number of amidine groups is 1. The van der Waals surface area contributed by atoms with Crippen molar-refractivity contribution in [3.63, 3.8) is 0 Å². The molecule has 0 radical (unpaired) electrons. The topological polar surface area (TPSA) is 87.7 Å². The number of nitrogens with two attached hydrogens (primary N) is 1. The zero-order chi connectivity index (χ0) is 12.5. The normalized spacial score (nSPS) is 18.0. The predicted octanol–water partition coefficient (Wildman–Crippen LogP) is 1.16. The van der Waals surface area contributed by atoms with Crippen molar-refractivity contribution in [3.05, 3.63) is 0 Å². The van der Waals surface area contributed by atoms with Crippen molar-refractivity contribution >= 4 is 23.5 Å². The number of amides is 1. The van der Waals surface area contributed by atoms with Gasteiger partial charge in [0.15, 0.2) is 0 Å². The molecule has 1 rings (SSSR count). The Labute approximate surface area is 106 Å². The molecule has 0 bridgehead atoms. The van der Waals surface area contributed by atoms with Crippen molar-refractivity contribution < 1.29 is 10.0 Å². The van der Waals surface area contributed by atoms with Crippen LogP contribution in [0.4, 0.5) is 0 Å². The number of carbonyl (C=O) groups excluding carboxylic acids is 1. The van der Waals surface area contributed by atoms with E-state index in [0.717, 1.165) is 12.8 Å². The van der Waals surface area contributed by atoms with Crippen LogP contribution in [0.15, 0.2) is 5.16 Å². The summed E-state index contributed by atoms with van der Waals surface area (Å²) in [5, 5.41) is 14.1. The summed E-state index contributed by atoms with van der Waals surface area (Å²) >= 11 is 1.97. The summed E-state index contributed by atoms with van der Waals surface area (Å²) in [7, 11) is 0. The molecule has 6 heteroatoms. The Bertz CT molecular complexity index is 265. The molecule has 1 saturated heterocycles. The number of hydrogen-bond acceptors (Lipinski definition) is 4. The molecular weight excluding hydrogens is 238 g/mol. The molecule has 5 nitrogen and oxygen atoms in total. The summed E-state index contributed by atoms with van der Waals surface area (Å²) < 4.78 is 0. The highest BCUT2D eigenvalue weighted by atomic mass is 32.2. The molecule has 1 heterocycles. The van der Waals surface area contributed by atoms with Crippen LogP contribution in [0.25, 0.3) is 0 Å². The van der Waals surface area contributed by atoms with Crippen molar-refractivity contribution in [3.8, 4) is 0 Å². The lowest BCUT2D eigenvalue weighted by atomic mass is 9.98. The maximum absolute atomic E-state index is 11.6. The summed E-state index contributed by atoms with van der Waals surface area (Å²) in [5.74, 6) is 3.26. The van der Waals surface area contributed by atoms with Crippen LogP contribution in [0.2, 0.25) is 0 Å². The minimum Gasteiger partial charge on any atom is -0.409 e. The standard InChI is InChI=1S/C11H21N3O2S/c12-10(14-16)2-1-5-13-11(15)8-9-3-6-17-7-4-9/h9,16H,1-8H2,(H2,12,14)(H,13,15). The van der Waals surface area contributed by atoms with Gasteiger partial charge in [-0.2, -0.15) is 11.8 Å². The van der Waals surface area contributed by atoms with Gasteiger partial charge in [0, 0.05) is 19.4 Å². The molecule has 1 fully saturated rings. The lowest BCUT2D eigenvalue weighted by Crippen LogP contribution is -2.28. The molecule has 0 spiro atoms. The van der Waals surface area contributed by atoms with E-state index < -0.39 is 0 Å². The van der Waals surface area contributed by atoms with Crippen LogP contribution in [-0.2, 0) is 4.79 Å². The minimum absolute atomic E-state index is 0.126. The van der Waals surface area contributed by atoms with Crippen LogP contribution in [0, 0.1) is 5.92 Å². The second-order valence-electron chi connectivity index (χ2n) is 4.30. The Hall–Kier alpha value is -0.910. The van der Waals surface area contributed by atoms with Crippen LogP contribution >= 0.6 is 11.8 Å². The summed E-state index contributed by atoms with van der Waals surface area (Å²) in [5.41, 5.74) is 5.32. The van der Waals surface area contributed by atoms with Crippen molar-refractivity contribution in [1.82, 2.24) is 5.32 Å². The smallest absolute Gasteiger partial charge is 0.220 e. The van der Waals surface area contributed by atoms with E-state index in [4.69, 9.17) is 10.9 Å². The van der Waals surface area contributed by atoms with E-state index >= 15 is 0 Å². The molecule has 1 amide bonds. The van der Waals surface area contributed by atoms with Crippen molar-refractivity contribution in [1.29, 1.82) is 0 Å². The molecule has 0 aromatic heterocycles. The zero-order valence-electron chi connectivity index (χ0n) is 10.0. The van der Waals surface area contributed by atoms with Crippen molar-refractivity contribution in [2.24, 2.45) is 16.8 Å². The fourth-order valence-electron chi connectivity index (χ4n) is 1.83. The molecule has 0 saturated carbocycles. The first kappa shape index (κ1) is 14.2. The Morgan fingerprint density at radius 1 is 1.47 bits per heavy atom. The Morgan fingerprint density at radius 2 is 2.18 bits per heavy atom. The Morgan fingerprint density at radius 3 is 2.82 bits per heavy atom. The monoisotopic (exact) mass is 259 g/mol. The fraction of sp³-hybridized carbons (Fsp3) is 0.818. The average Bonchev–Trinajstić information content (AvgIpc) is 2.35. The number of oxime groups is 1. The van der Waals surface area contributed by atoms with Crippen LogP contribution in [0.1, 0.15) is 32.1 Å². The first-order valence-electron chi connectivity index (χ1n) is 6.03. The average molecular weight is 259 g/mol. The van der Waals surface area contributed by atoms with E-state index in [1.807, 2.05) is 11.8 Å². The predicted molar refractivity (Wildman–Crippen MR) is 70.3 cm³/mol. The molecule has 0 unspecified atom stereocenters. The van der Waals surface area contributed by atoms with Gasteiger partial charge in [-0.05, 0) is 36.7 Å². The maximum Gasteiger partial charge on any atom is 0.220 e. The quantitative estimate of drug-likeness (QED) is 0.220. The van der Waals surface area contributed by atoms with Crippen LogP contribution in [0.5, 0.6) is 0 Å². The summed E-state index contributed by atoms with van der Waals surface area (Å²) in [6.45, 7) is 0.594. The van der Waals surface area contributed by atoms with Crippen molar-refractivity contribution in [2.45, 2.75) is 32.1 Å². The Balaban J connectivity index is 2.04. The third-order valence-electron chi connectivity index (χ3n) is 2.88.